The molecule has 1 aromatic carbocycles. The monoisotopic (exact) mass is 380 g/mol. The summed E-state index contributed by atoms with van der Waals surface area (Å²) in [5, 5.41) is 8.89. The smallest absolute Gasteiger partial charge is 0.304 e. The second kappa shape index (κ2) is 9.13. The second-order valence-corrected chi connectivity index (χ2v) is 11.2. The molecule has 2 nitrogen and oxygen atoms in total. The predicted octanol–water partition coefficient (Wildman–Crippen LogP) is 4.08. The summed E-state index contributed by atoms with van der Waals surface area (Å²) in [4.78, 5) is 10.9. The standard InChI is InChI=1S/C19H16F4O2Si/c1-26(2,3)10-8-6-4-5-7-9-13(11-16(24)25)17-18(22)14(20)12-15(21)19(17)23/h12-13H,9,11H2,1-3H3,(H,24,25). The van der Waals surface area contributed by atoms with Gasteiger partial charge in [0.1, 0.15) is 8.07 Å². The van der Waals surface area contributed by atoms with Gasteiger partial charge in [-0.25, -0.2) is 17.6 Å². The molecule has 0 saturated carbocycles. The molecule has 0 spiro atoms. The Bertz CT molecular complexity index is 858. The average Bonchev–Trinajstić information content (AvgIpc) is 2.50. The lowest BCUT2D eigenvalue weighted by molar-refractivity contribution is -0.137. The lowest BCUT2D eigenvalue weighted by Gasteiger charge is -2.15. The van der Waals surface area contributed by atoms with Gasteiger partial charge in [0, 0.05) is 24.0 Å². The van der Waals surface area contributed by atoms with E-state index in [9.17, 15) is 22.4 Å². The third-order valence-electron chi connectivity index (χ3n) is 3.04. The summed E-state index contributed by atoms with van der Waals surface area (Å²) in [6.45, 7) is 6.10. The number of hydrogen-bond donors (Lipinski definition) is 1. The van der Waals surface area contributed by atoms with Crippen molar-refractivity contribution in [2.75, 3.05) is 0 Å². The van der Waals surface area contributed by atoms with Crippen LogP contribution in [-0.2, 0) is 4.79 Å². The van der Waals surface area contributed by atoms with Gasteiger partial charge in [-0.15, -0.1) is 5.54 Å². The first-order valence-electron chi connectivity index (χ1n) is 7.57. The van der Waals surface area contributed by atoms with Gasteiger partial charge >= 0.3 is 5.97 Å². The van der Waals surface area contributed by atoms with Gasteiger partial charge in [-0.1, -0.05) is 25.6 Å². The molecule has 1 aromatic rings. The summed E-state index contributed by atoms with van der Waals surface area (Å²) in [6.07, 6.45) is -1.08. The quantitative estimate of drug-likeness (QED) is 0.370. The molecule has 0 aromatic heterocycles. The van der Waals surface area contributed by atoms with Crippen molar-refractivity contribution in [3.8, 4) is 35.1 Å². The van der Waals surface area contributed by atoms with E-state index in [4.69, 9.17) is 5.11 Å². The number of carboxylic acids is 1. The molecular formula is C19H16F4O2Si. The number of benzene rings is 1. The van der Waals surface area contributed by atoms with Crippen LogP contribution in [0.15, 0.2) is 6.07 Å². The Morgan fingerprint density at radius 1 is 1.04 bits per heavy atom. The molecule has 0 bridgehead atoms. The molecule has 0 fully saturated rings. The first-order chi connectivity index (χ1) is 12.0. The molecule has 0 heterocycles. The maximum atomic E-state index is 13.9. The molecule has 26 heavy (non-hydrogen) atoms. The fraction of sp³-hybridized carbons (Fsp3) is 0.316. The zero-order valence-corrected chi connectivity index (χ0v) is 15.4. The molecule has 0 aliphatic heterocycles. The highest BCUT2D eigenvalue weighted by molar-refractivity contribution is 6.83. The highest BCUT2D eigenvalue weighted by Gasteiger charge is 2.27. The summed E-state index contributed by atoms with van der Waals surface area (Å²) in [7, 11) is -1.56. The predicted molar refractivity (Wildman–Crippen MR) is 92.6 cm³/mol. The van der Waals surface area contributed by atoms with Gasteiger partial charge in [-0.05, 0) is 23.7 Å². The van der Waals surface area contributed by atoms with E-state index in [0.717, 1.165) is 0 Å². The van der Waals surface area contributed by atoms with Crippen LogP contribution in [0, 0.1) is 58.4 Å². The molecule has 0 amide bonds. The van der Waals surface area contributed by atoms with Gasteiger partial charge in [0.15, 0.2) is 23.3 Å². The Morgan fingerprint density at radius 2 is 1.58 bits per heavy atom. The first-order valence-corrected chi connectivity index (χ1v) is 11.1. The third-order valence-corrected chi connectivity index (χ3v) is 3.91. The molecule has 136 valence electrons. The summed E-state index contributed by atoms with van der Waals surface area (Å²) >= 11 is 0. The lowest BCUT2D eigenvalue weighted by Crippen LogP contribution is -2.16. The van der Waals surface area contributed by atoms with E-state index >= 15 is 0 Å². The van der Waals surface area contributed by atoms with Gasteiger partial charge < -0.3 is 5.11 Å². The highest BCUT2D eigenvalue weighted by atomic mass is 28.3. The zero-order chi connectivity index (χ0) is 19.9. The van der Waals surface area contributed by atoms with E-state index in [-0.39, 0.29) is 12.5 Å². The molecule has 0 aliphatic carbocycles. The molecule has 1 atom stereocenters. The molecule has 0 saturated heterocycles. The minimum absolute atomic E-state index is 0.0698. The zero-order valence-electron chi connectivity index (χ0n) is 14.4. The summed E-state index contributed by atoms with van der Waals surface area (Å²) in [6, 6.07) is 0.0698. The van der Waals surface area contributed by atoms with Crippen molar-refractivity contribution < 1.29 is 27.5 Å². The Labute approximate surface area is 150 Å². The van der Waals surface area contributed by atoms with Crippen LogP contribution in [0.3, 0.4) is 0 Å². The van der Waals surface area contributed by atoms with E-state index in [0.29, 0.717) is 0 Å². The van der Waals surface area contributed by atoms with Crippen molar-refractivity contribution in [2.24, 2.45) is 0 Å². The van der Waals surface area contributed by atoms with Crippen LogP contribution >= 0.6 is 0 Å². The van der Waals surface area contributed by atoms with Crippen molar-refractivity contribution in [1.82, 2.24) is 0 Å². The maximum Gasteiger partial charge on any atom is 0.304 e. The Morgan fingerprint density at radius 3 is 2.08 bits per heavy atom. The van der Waals surface area contributed by atoms with E-state index < -0.39 is 55.2 Å². The van der Waals surface area contributed by atoms with Gasteiger partial charge in [0.05, 0.1) is 6.42 Å². The Kier molecular flexibility index (Phi) is 7.50. The minimum atomic E-state index is -1.62. The maximum absolute atomic E-state index is 13.9. The number of carbonyl (C=O) groups is 1. The van der Waals surface area contributed by atoms with E-state index in [1.54, 1.807) is 0 Å². The average molecular weight is 380 g/mol. The highest BCUT2D eigenvalue weighted by Crippen LogP contribution is 2.31. The lowest BCUT2D eigenvalue weighted by atomic mass is 9.91. The van der Waals surface area contributed by atoms with Crippen LogP contribution < -0.4 is 0 Å². The molecule has 1 rings (SSSR count). The van der Waals surface area contributed by atoms with Crippen molar-refractivity contribution in [1.29, 1.82) is 0 Å². The molecule has 1 unspecified atom stereocenters. The fourth-order valence-electron chi connectivity index (χ4n) is 1.94. The fourth-order valence-corrected chi connectivity index (χ4v) is 2.37. The van der Waals surface area contributed by atoms with E-state index in [1.165, 1.54) is 0 Å². The SMILES string of the molecule is C[Si](C)(C)C#CC#CC#CCC(CC(=O)O)c1c(F)c(F)cc(F)c1F. The molecular weight excluding hydrogens is 364 g/mol. The Hall–Kier alpha value is -2.69. The number of halogens is 4. The van der Waals surface area contributed by atoms with Gasteiger partial charge in [0.25, 0.3) is 0 Å². The van der Waals surface area contributed by atoms with Crippen LogP contribution in [0.1, 0.15) is 24.3 Å². The summed E-state index contributed by atoms with van der Waals surface area (Å²) in [5.41, 5.74) is 2.02. The Balaban J connectivity index is 3.09. The summed E-state index contributed by atoms with van der Waals surface area (Å²) < 4.78 is 54.4. The summed E-state index contributed by atoms with van der Waals surface area (Å²) in [5.74, 6) is 3.25. The van der Waals surface area contributed by atoms with Crippen LogP contribution in [0.4, 0.5) is 17.6 Å². The van der Waals surface area contributed by atoms with Gasteiger partial charge in [-0.3, -0.25) is 4.79 Å². The second-order valence-electron chi connectivity index (χ2n) is 6.43. The normalized spacial score (nSPS) is 11.2. The molecule has 1 N–H and O–H groups in total. The van der Waals surface area contributed by atoms with Crippen LogP contribution in [0.25, 0.3) is 0 Å². The van der Waals surface area contributed by atoms with Crippen molar-refractivity contribution >= 4 is 14.0 Å². The third kappa shape index (κ3) is 6.67. The molecule has 7 heteroatoms. The van der Waals surface area contributed by atoms with Crippen LogP contribution in [-0.4, -0.2) is 19.1 Å². The van der Waals surface area contributed by atoms with Crippen molar-refractivity contribution in [3.63, 3.8) is 0 Å². The minimum Gasteiger partial charge on any atom is -0.481 e. The van der Waals surface area contributed by atoms with Gasteiger partial charge in [0.2, 0.25) is 0 Å². The number of rotatable bonds is 4. The van der Waals surface area contributed by atoms with Crippen LogP contribution in [0.2, 0.25) is 19.6 Å². The number of hydrogen-bond acceptors (Lipinski definition) is 1. The molecule has 0 radical (unpaired) electrons. The van der Waals surface area contributed by atoms with Crippen LogP contribution in [0.5, 0.6) is 0 Å². The van der Waals surface area contributed by atoms with Crippen molar-refractivity contribution in [3.05, 3.63) is 34.9 Å². The number of carboxylic acid groups (broad SMARTS) is 1. The van der Waals surface area contributed by atoms with E-state index in [2.05, 4.69) is 35.1 Å². The topological polar surface area (TPSA) is 37.3 Å². The molecule has 0 aliphatic rings. The largest absolute Gasteiger partial charge is 0.481 e. The van der Waals surface area contributed by atoms with Gasteiger partial charge in [-0.2, -0.15) is 0 Å². The first kappa shape index (κ1) is 21.3. The van der Waals surface area contributed by atoms with Crippen molar-refractivity contribution in [2.45, 2.75) is 38.4 Å². The van der Waals surface area contributed by atoms with E-state index in [1.807, 2.05) is 19.6 Å². The number of aliphatic carboxylic acids is 1.